The molecule has 0 amide bonds. The zero-order chi connectivity index (χ0) is 19.7. The van der Waals surface area contributed by atoms with E-state index in [1.807, 2.05) is 54.0 Å². The number of hydrogen-bond acceptors (Lipinski definition) is 4. The lowest BCUT2D eigenvalue weighted by Gasteiger charge is -2.26. The molecule has 0 atom stereocenters. The van der Waals surface area contributed by atoms with Crippen molar-refractivity contribution in [3.63, 3.8) is 0 Å². The van der Waals surface area contributed by atoms with Crippen LogP contribution >= 0.6 is 0 Å². The van der Waals surface area contributed by atoms with Gasteiger partial charge in [-0.3, -0.25) is 4.79 Å². The number of methoxy groups -OCH3 is 2. The molecular weight excluding hydrogens is 354 g/mol. The zero-order valence-corrected chi connectivity index (χ0v) is 16.3. The van der Waals surface area contributed by atoms with Crippen LogP contribution in [0.25, 0.3) is 11.3 Å². The zero-order valence-electron chi connectivity index (χ0n) is 16.3. The van der Waals surface area contributed by atoms with Crippen molar-refractivity contribution in [2.45, 2.75) is 26.5 Å². The van der Waals surface area contributed by atoms with Crippen LogP contribution < -0.4 is 19.8 Å². The van der Waals surface area contributed by atoms with E-state index in [0.717, 1.165) is 34.4 Å². The monoisotopic (exact) mass is 377 g/mol. The molecule has 1 aromatic heterocycles. The number of hydrogen-bond donors (Lipinski definition) is 0. The summed E-state index contributed by atoms with van der Waals surface area (Å²) in [5.74, 6) is 1.96. The highest BCUT2D eigenvalue weighted by Gasteiger charge is 2.24. The van der Waals surface area contributed by atoms with Gasteiger partial charge in [-0.2, -0.15) is 0 Å². The number of aryl methyl sites for hydroxylation is 1. The summed E-state index contributed by atoms with van der Waals surface area (Å²) >= 11 is 0. The smallest absolute Gasteiger partial charge is 0.254 e. The van der Waals surface area contributed by atoms with Crippen LogP contribution in [0.5, 0.6) is 17.2 Å². The second-order valence-electron chi connectivity index (χ2n) is 6.86. The molecule has 1 aliphatic heterocycles. The van der Waals surface area contributed by atoms with Crippen LogP contribution in [0.3, 0.4) is 0 Å². The molecule has 0 aliphatic carbocycles. The van der Waals surface area contributed by atoms with Crippen molar-refractivity contribution < 1.29 is 14.2 Å². The molecular formula is C23H23NO4. The summed E-state index contributed by atoms with van der Waals surface area (Å²) in [6.07, 6.45) is 0.770. The maximum Gasteiger partial charge on any atom is 0.254 e. The highest BCUT2D eigenvalue weighted by Crippen LogP contribution is 2.40. The van der Waals surface area contributed by atoms with Crippen LogP contribution in [0, 0.1) is 6.92 Å². The van der Waals surface area contributed by atoms with Crippen molar-refractivity contribution in [2.24, 2.45) is 0 Å². The number of pyridine rings is 1. The molecule has 3 aromatic rings. The minimum atomic E-state index is -0.0518. The SMILES string of the molecule is COc1cc2c(cc1OC)-c1c(C)c(OCc3ccccc3)cc(=O)n1CC2. The second-order valence-corrected chi connectivity index (χ2v) is 6.86. The molecule has 0 bridgehead atoms. The average molecular weight is 377 g/mol. The first-order chi connectivity index (χ1) is 13.6. The molecule has 28 heavy (non-hydrogen) atoms. The van der Waals surface area contributed by atoms with Crippen molar-refractivity contribution in [3.8, 4) is 28.5 Å². The van der Waals surface area contributed by atoms with Crippen molar-refractivity contribution in [1.29, 1.82) is 0 Å². The Morgan fingerprint density at radius 2 is 1.68 bits per heavy atom. The lowest BCUT2D eigenvalue weighted by Crippen LogP contribution is -2.27. The predicted molar refractivity (Wildman–Crippen MR) is 108 cm³/mol. The highest BCUT2D eigenvalue weighted by molar-refractivity contribution is 5.74. The Morgan fingerprint density at radius 1 is 0.964 bits per heavy atom. The second kappa shape index (κ2) is 7.43. The fraction of sp³-hybridized carbons (Fsp3) is 0.261. The molecule has 2 aromatic carbocycles. The predicted octanol–water partition coefficient (Wildman–Crippen LogP) is 3.98. The molecule has 0 spiro atoms. The van der Waals surface area contributed by atoms with Gasteiger partial charge >= 0.3 is 0 Å². The van der Waals surface area contributed by atoms with Crippen LogP contribution in [0.4, 0.5) is 0 Å². The number of nitrogens with zero attached hydrogens (tertiary/aromatic N) is 1. The lowest BCUT2D eigenvalue weighted by molar-refractivity contribution is 0.302. The average Bonchev–Trinajstić information content (AvgIpc) is 2.74. The minimum Gasteiger partial charge on any atom is -0.493 e. The molecule has 0 fully saturated rings. The third kappa shape index (κ3) is 3.13. The molecule has 0 radical (unpaired) electrons. The Morgan fingerprint density at radius 3 is 2.39 bits per heavy atom. The Balaban J connectivity index is 1.80. The quantitative estimate of drug-likeness (QED) is 0.675. The highest BCUT2D eigenvalue weighted by atomic mass is 16.5. The van der Waals surface area contributed by atoms with Gasteiger partial charge in [0.05, 0.1) is 19.9 Å². The standard InChI is InChI=1S/C23H23NO4/c1-15-19(28-14-16-7-5-4-6-8-16)13-22(25)24-10-9-17-11-20(26-2)21(27-3)12-18(17)23(15)24/h4-8,11-13H,9-10,14H2,1-3H3. The first-order valence-corrected chi connectivity index (χ1v) is 9.28. The van der Waals surface area contributed by atoms with E-state index in [2.05, 4.69) is 0 Å². The third-order valence-corrected chi connectivity index (χ3v) is 5.22. The van der Waals surface area contributed by atoms with Crippen LogP contribution in [-0.2, 0) is 19.6 Å². The molecule has 5 heteroatoms. The fourth-order valence-corrected chi connectivity index (χ4v) is 3.76. The third-order valence-electron chi connectivity index (χ3n) is 5.22. The minimum absolute atomic E-state index is 0.0518. The van der Waals surface area contributed by atoms with E-state index >= 15 is 0 Å². The van der Waals surface area contributed by atoms with Crippen molar-refractivity contribution >= 4 is 0 Å². The summed E-state index contributed by atoms with van der Waals surface area (Å²) in [5, 5.41) is 0. The van der Waals surface area contributed by atoms with Gasteiger partial charge in [0, 0.05) is 23.7 Å². The van der Waals surface area contributed by atoms with Crippen molar-refractivity contribution in [1.82, 2.24) is 4.57 Å². The Kier molecular flexibility index (Phi) is 4.82. The van der Waals surface area contributed by atoms with E-state index in [1.165, 1.54) is 0 Å². The summed E-state index contributed by atoms with van der Waals surface area (Å²) in [5.41, 5.74) is 4.97. The van der Waals surface area contributed by atoms with E-state index in [-0.39, 0.29) is 5.56 Å². The maximum atomic E-state index is 12.8. The van der Waals surface area contributed by atoms with Gasteiger partial charge in [0.2, 0.25) is 0 Å². The van der Waals surface area contributed by atoms with Gasteiger partial charge < -0.3 is 18.8 Å². The normalized spacial score (nSPS) is 12.1. The molecule has 0 unspecified atom stereocenters. The molecule has 2 heterocycles. The van der Waals surface area contributed by atoms with Gasteiger partial charge in [-0.25, -0.2) is 0 Å². The molecule has 0 saturated carbocycles. The van der Waals surface area contributed by atoms with Gasteiger partial charge in [-0.1, -0.05) is 30.3 Å². The number of ether oxygens (including phenoxy) is 3. The van der Waals surface area contributed by atoms with Crippen molar-refractivity contribution in [3.05, 3.63) is 75.6 Å². The summed E-state index contributed by atoms with van der Waals surface area (Å²) < 4.78 is 18.8. The molecule has 0 saturated heterocycles. The summed E-state index contributed by atoms with van der Waals surface area (Å²) in [7, 11) is 3.25. The Bertz CT molecular complexity index is 1070. The Labute approximate surface area is 164 Å². The summed E-state index contributed by atoms with van der Waals surface area (Å²) in [4.78, 5) is 12.8. The van der Waals surface area contributed by atoms with E-state index in [4.69, 9.17) is 14.2 Å². The molecule has 1 aliphatic rings. The van der Waals surface area contributed by atoms with E-state index in [1.54, 1.807) is 20.3 Å². The van der Waals surface area contributed by atoms with Gasteiger partial charge in [0.25, 0.3) is 5.56 Å². The molecule has 4 rings (SSSR count). The summed E-state index contributed by atoms with van der Waals surface area (Å²) in [6, 6.07) is 15.5. The molecule has 144 valence electrons. The van der Waals surface area contributed by atoms with Gasteiger partial charge in [-0.15, -0.1) is 0 Å². The van der Waals surface area contributed by atoms with Gasteiger partial charge in [-0.05, 0) is 36.6 Å². The largest absolute Gasteiger partial charge is 0.493 e. The van der Waals surface area contributed by atoms with Crippen LogP contribution in [0.15, 0.2) is 53.3 Å². The van der Waals surface area contributed by atoms with Gasteiger partial charge in [0.1, 0.15) is 12.4 Å². The first-order valence-electron chi connectivity index (χ1n) is 9.28. The van der Waals surface area contributed by atoms with Crippen LogP contribution in [0.2, 0.25) is 0 Å². The van der Waals surface area contributed by atoms with E-state index in [0.29, 0.717) is 30.4 Å². The number of fused-ring (bicyclic) bond motifs is 3. The fourth-order valence-electron chi connectivity index (χ4n) is 3.76. The Hall–Kier alpha value is -3.21. The van der Waals surface area contributed by atoms with E-state index in [9.17, 15) is 4.79 Å². The molecule has 0 N–H and O–H groups in total. The number of benzene rings is 2. The van der Waals surface area contributed by atoms with Crippen molar-refractivity contribution in [2.75, 3.05) is 14.2 Å². The van der Waals surface area contributed by atoms with Crippen LogP contribution in [0.1, 0.15) is 16.7 Å². The summed E-state index contributed by atoms with van der Waals surface area (Å²) in [6.45, 7) is 3.05. The number of rotatable bonds is 5. The first kappa shape index (κ1) is 18.2. The van der Waals surface area contributed by atoms with Crippen LogP contribution in [-0.4, -0.2) is 18.8 Å². The lowest BCUT2D eigenvalue weighted by atomic mass is 9.93. The molecule has 5 nitrogen and oxygen atoms in total. The maximum absolute atomic E-state index is 12.8. The number of aromatic nitrogens is 1. The topological polar surface area (TPSA) is 49.7 Å². The van der Waals surface area contributed by atoms with E-state index < -0.39 is 0 Å². The van der Waals surface area contributed by atoms with Gasteiger partial charge in [0.15, 0.2) is 11.5 Å².